The molecule has 102 valence electrons. The predicted molar refractivity (Wildman–Crippen MR) is 80.2 cm³/mol. The maximum absolute atomic E-state index is 11.5. The Bertz CT molecular complexity index is 815. The fourth-order valence-electron chi connectivity index (χ4n) is 2.36. The Morgan fingerprint density at radius 3 is 2.75 bits per heavy atom. The van der Waals surface area contributed by atoms with E-state index >= 15 is 0 Å². The highest BCUT2D eigenvalue weighted by molar-refractivity contribution is 5.73. The van der Waals surface area contributed by atoms with E-state index in [1.54, 1.807) is 7.05 Å². The Hall–Kier alpha value is -2.49. The van der Waals surface area contributed by atoms with Crippen LogP contribution in [0.1, 0.15) is 11.1 Å². The Kier molecular flexibility index (Phi) is 3.06. The van der Waals surface area contributed by atoms with Crippen LogP contribution in [0.3, 0.4) is 0 Å². The smallest absolute Gasteiger partial charge is 0.408 e. The first-order valence-corrected chi connectivity index (χ1v) is 6.52. The molecule has 0 saturated heterocycles. The lowest BCUT2D eigenvalue weighted by Crippen LogP contribution is -2.08. The number of aromatic nitrogens is 1. The van der Waals surface area contributed by atoms with Crippen molar-refractivity contribution in [2.75, 3.05) is 12.4 Å². The van der Waals surface area contributed by atoms with Crippen molar-refractivity contribution in [3.05, 3.63) is 64.1 Å². The normalized spacial score (nSPS) is 10.9. The van der Waals surface area contributed by atoms with Gasteiger partial charge in [-0.15, -0.1) is 0 Å². The van der Waals surface area contributed by atoms with E-state index in [1.807, 2.05) is 37.4 Å². The molecule has 4 nitrogen and oxygen atoms in total. The number of nitrogens with one attached hydrogen (secondary N) is 1. The van der Waals surface area contributed by atoms with Crippen molar-refractivity contribution < 1.29 is 4.42 Å². The van der Waals surface area contributed by atoms with Gasteiger partial charge in [0.1, 0.15) is 0 Å². The lowest BCUT2D eigenvalue weighted by atomic mass is 10.0. The SMILES string of the molecule is CNc1cccc(Cc2ccc3c(c2)oc(=O)n3C)c1. The molecule has 0 spiro atoms. The second-order valence-corrected chi connectivity index (χ2v) is 4.86. The topological polar surface area (TPSA) is 47.2 Å². The summed E-state index contributed by atoms with van der Waals surface area (Å²) in [6.45, 7) is 0. The molecule has 0 radical (unpaired) electrons. The maximum atomic E-state index is 11.5. The molecule has 0 saturated carbocycles. The van der Waals surface area contributed by atoms with Crippen molar-refractivity contribution in [3.8, 4) is 0 Å². The molecule has 4 heteroatoms. The number of benzene rings is 2. The molecule has 0 bridgehead atoms. The lowest BCUT2D eigenvalue weighted by molar-refractivity contribution is 0.528. The van der Waals surface area contributed by atoms with E-state index in [0.29, 0.717) is 5.58 Å². The van der Waals surface area contributed by atoms with Crippen LogP contribution < -0.4 is 11.1 Å². The summed E-state index contributed by atoms with van der Waals surface area (Å²) < 4.78 is 6.73. The first-order chi connectivity index (χ1) is 9.67. The molecule has 2 aromatic carbocycles. The van der Waals surface area contributed by atoms with Gasteiger partial charge in [0.2, 0.25) is 0 Å². The van der Waals surface area contributed by atoms with Gasteiger partial charge in [-0.25, -0.2) is 4.79 Å². The van der Waals surface area contributed by atoms with E-state index in [2.05, 4.69) is 17.4 Å². The highest BCUT2D eigenvalue weighted by Crippen LogP contribution is 2.18. The van der Waals surface area contributed by atoms with Crippen LogP contribution in [0, 0.1) is 0 Å². The molecule has 0 aliphatic heterocycles. The Morgan fingerprint density at radius 2 is 1.95 bits per heavy atom. The van der Waals surface area contributed by atoms with E-state index in [9.17, 15) is 4.79 Å². The summed E-state index contributed by atoms with van der Waals surface area (Å²) in [6.07, 6.45) is 0.810. The number of fused-ring (bicyclic) bond motifs is 1. The summed E-state index contributed by atoms with van der Waals surface area (Å²) >= 11 is 0. The zero-order valence-electron chi connectivity index (χ0n) is 11.5. The second-order valence-electron chi connectivity index (χ2n) is 4.86. The molecule has 0 aliphatic rings. The number of oxazole rings is 1. The van der Waals surface area contributed by atoms with Gasteiger partial charge in [-0.05, 0) is 41.8 Å². The molecule has 20 heavy (non-hydrogen) atoms. The van der Waals surface area contributed by atoms with Crippen molar-refractivity contribution >= 4 is 16.8 Å². The highest BCUT2D eigenvalue weighted by atomic mass is 16.4. The Labute approximate surface area is 116 Å². The molecule has 0 unspecified atom stereocenters. The molecule has 1 aromatic heterocycles. The number of nitrogens with zero attached hydrogens (tertiary/aromatic N) is 1. The van der Waals surface area contributed by atoms with Crippen LogP contribution in [0.4, 0.5) is 5.69 Å². The standard InChI is InChI=1S/C16H16N2O2/c1-17-13-5-3-4-11(9-13)8-12-6-7-14-15(10-12)20-16(19)18(14)2/h3-7,9-10,17H,8H2,1-2H3. The number of aryl methyl sites for hydroxylation is 1. The number of rotatable bonds is 3. The molecule has 1 N–H and O–H groups in total. The van der Waals surface area contributed by atoms with E-state index in [-0.39, 0.29) is 5.76 Å². The van der Waals surface area contributed by atoms with E-state index in [1.165, 1.54) is 10.1 Å². The number of anilines is 1. The van der Waals surface area contributed by atoms with Gasteiger partial charge in [0.25, 0.3) is 0 Å². The van der Waals surface area contributed by atoms with Crippen molar-refractivity contribution in [2.24, 2.45) is 7.05 Å². The highest BCUT2D eigenvalue weighted by Gasteiger charge is 2.06. The van der Waals surface area contributed by atoms with Gasteiger partial charge in [0.15, 0.2) is 5.58 Å². The average Bonchev–Trinajstić information content (AvgIpc) is 2.74. The van der Waals surface area contributed by atoms with Crippen LogP contribution in [0.15, 0.2) is 51.7 Å². The quantitative estimate of drug-likeness (QED) is 0.794. The lowest BCUT2D eigenvalue weighted by Gasteiger charge is -2.05. The van der Waals surface area contributed by atoms with Crippen LogP contribution in [0.2, 0.25) is 0 Å². The maximum Gasteiger partial charge on any atom is 0.419 e. The van der Waals surface area contributed by atoms with Gasteiger partial charge in [0.05, 0.1) is 5.52 Å². The van der Waals surface area contributed by atoms with E-state index in [4.69, 9.17) is 4.42 Å². The third kappa shape index (κ3) is 2.20. The van der Waals surface area contributed by atoms with Crippen molar-refractivity contribution in [1.29, 1.82) is 0 Å². The van der Waals surface area contributed by atoms with Crippen LogP contribution in [-0.4, -0.2) is 11.6 Å². The van der Waals surface area contributed by atoms with Gasteiger partial charge in [-0.2, -0.15) is 0 Å². The molecule has 0 aliphatic carbocycles. The number of hydrogen-bond acceptors (Lipinski definition) is 3. The molecule has 3 rings (SSSR count). The first kappa shape index (κ1) is 12.5. The minimum Gasteiger partial charge on any atom is -0.408 e. The summed E-state index contributed by atoms with van der Waals surface area (Å²) in [5, 5.41) is 3.13. The Balaban J connectivity index is 1.96. The summed E-state index contributed by atoms with van der Waals surface area (Å²) in [4.78, 5) is 11.5. The average molecular weight is 268 g/mol. The molecular weight excluding hydrogens is 252 g/mol. The fraction of sp³-hybridized carbons (Fsp3) is 0.188. The molecule has 0 fully saturated rings. The minimum absolute atomic E-state index is 0.325. The van der Waals surface area contributed by atoms with Gasteiger partial charge < -0.3 is 9.73 Å². The van der Waals surface area contributed by atoms with Crippen LogP contribution in [0.5, 0.6) is 0 Å². The zero-order chi connectivity index (χ0) is 14.1. The largest absolute Gasteiger partial charge is 0.419 e. The fourth-order valence-corrected chi connectivity index (χ4v) is 2.36. The molecule has 0 atom stereocenters. The van der Waals surface area contributed by atoms with Crippen LogP contribution in [-0.2, 0) is 13.5 Å². The van der Waals surface area contributed by atoms with Gasteiger partial charge in [-0.1, -0.05) is 18.2 Å². The second kappa shape index (κ2) is 4.89. The molecular formula is C16H16N2O2. The zero-order valence-corrected chi connectivity index (χ0v) is 11.5. The van der Waals surface area contributed by atoms with Gasteiger partial charge in [0, 0.05) is 19.8 Å². The van der Waals surface area contributed by atoms with Crippen LogP contribution in [0.25, 0.3) is 11.1 Å². The molecule has 3 aromatic rings. The van der Waals surface area contributed by atoms with E-state index in [0.717, 1.165) is 23.2 Å². The first-order valence-electron chi connectivity index (χ1n) is 6.52. The number of hydrogen-bond donors (Lipinski definition) is 1. The Morgan fingerprint density at radius 1 is 1.15 bits per heavy atom. The summed E-state index contributed by atoms with van der Waals surface area (Å²) in [6, 6.07) is 14.2. The van der Waals surface area contributed by atoms with Gasteiger partial charge >= 0.3 is 5.76 Å². The summed E-state index contributed by atoms with van der Waals surface area (Å²) in [5.74, 6) is -0.325. The summed E-state index contributed by atoms with van der Waals surface area (Å²) in [7, 11) is 3.62. The van der Waals surface area contributed by atoms with Crippen LogP contribution >= 0.6 is 0 Å². The predicted octanol–water partition coefficient (Wildman–Crippen LogP) is 2.76. The monoisotopic (exact) mass is 268 g/mol. The van der Waals surface area contributed by atoms with E-state index < -0.39 is 0 Å². The van der Waals surface area contributed by atoms with Crippen molar-refractivity contribution in [1.82, 2.24) is 4.57 Å². The minimum atomic E-state index is -0.325. The van der Waals surface area contributed by atoms with Crippen molar-refractivity contribution in [2.45, 2.75) is 6.42 Å². The van der Waals surface area contributed by atoms with Gasteiger partial charge in [-0.3, -0.25) is 4.57 Å². The molecule has 0 amide bonds. The molecule has 1 heterocycles. The summed E-state index contributed by atoms with van der Waals surface area (Å²) in [5.41, 5.74) is 4.90. The third-order valence-electron chi connectivity index (χ3n) is 3.48. The van der Waals surface area contributed by atoms with Crippen molar-refractivity contribution in [3.63, 3.8) is 0 Å². The third-order valence-corrected chi connectivity index (χ3v) is 3.48.